The Bertz CT molecular complexity index is 978. The Morgan fingerprint density at radius 2 is 0.800 bits per heavy atom. The molecule has 2 aromatic carbocycles. The molecule has 0 aliphatic rings. The van der Waals surface area contributed by atoms with Crippen LogP contribution in [0.15, 0.2) is 4.94 Å². The van der Waals surface area contributed by atoms with E-state index in [9.17, 15) is 48.7 Å². The second-order valence-electron chi connectivity index (χ2n) is 6.87. The Kier molecular flexibility index (Phi) is 6.56. The van der Waals surface area contributed by atoms with Crippen molar-refractivity contribution in [3.8, 4) is 0 Å². The van der Waals surface area contributed by atoms with E-state index in [1.165, 1.54) is 25.6 Å². The lowest BCUT2D eigenvalue weighted by atomic mass is 10.3. The summed E-state index contributed by atoms with van der Waals surface area (Å²) in [4.78, 5) is 10.7. The summed E-state index contributed by atoms with van der Waals surface area (Å²) in [6.07, 6.45) is 0. The van der Waals surface area contributed by atoms with E-state index >= 15 is 0 Å². The Balaban J connectivity index is 3.17. The predicted molar refractivity (Wildman–Crippen MR) is 91.2 cm³/mol. The molecular weight excluding hydrogens is 469 g/mol. The highest BCUT2D eigenvalue weighted by molar-refractivity contribution is 7.80. The third kappa shape index (κ3) is 3.68. The number of carbonyl (C=O) groups excluding carboxylic acids is 1. The van der Waals surface area contributed by atoms with Crippen LogP contribution in [0.2, 0.25) is 19.6 Å². The minimum absolute atomic E-state index is 0.830. The van der Waals surface area contributed by atoms with E-state index in [1.54, 1.807) is 0 Å². The van der Waals surface area contributed by atoms with Crippen LogP contribution < -0.4 is 10.6 Å². The van der Waals surface area contributed by atoms with Crippen molar-refractivity contribution in [3.05, 3.63) is 63.1 Å². The van der Waals surface area contributed by atoms with E-state index in [4.69, 9.17) is 0 Å². The van der Waals surface area contributed by atoms with Gasteiger partial charge in [0.1, 0.15) is 5.94 Å². The predicted octanol–water partition coefficient (Wildman–Crippen LogP) is 5.10. The monoisotopic (exact) mass is 478 g/mol. The maximum Gasteiger partial charge on any atom is 0.200 e. The van der Waals surface area contributed by atoms with Crippen LogP contribution >= 0.6 is 7.92 Å². The highest BCUT2D eigenvalue weighted by Gasteiger charge is 2.42. The van der Waals surface area contributed by atoms with E-state index in [0.29, 0.717) is 0 Å². The molecule has 0 fully saturated rings. The molecule has 0 aliphatic carbocycles. The zero-order valence-corrected chi connectivity index (χ0v) is 17.0. The summed E-state index contributed by atoms with van der Waals surface area (Å²) < 4.78 is 139. The van der Waals surface area contributed by atoms with Gasteiger partial charge in [-0.2, -0.15) is 0 Å². The van der Waals surface area contributed by atoms with E-state index in [0.717, 1.165) is 0 Å². The number of benzene rings is 2. The van der Waals surface area contributed by atoms with Gasteiger partial charge >= 0.3 is 0 Å². The van der Waals surface area contributed by atoms with Crippen molar-refractivity contribution in [2.24, 2.45) is 0 Å². The standard InChI is InChI=1S/C17H9F10OPSi/c1-30(2,3)5(4-28)29(16-12(24)8(20)6(18)9(21)13(16)25)17-14(26)10(22)7(19)11(23)15(17)27/h1-3H3. The van der Waals surface area contributed by atoms with Gasteiger partial charge in [0.25, 0.3) is 0 Å². The second-order valence-corrected chi connectivity index (χ2v) is 14.3. The van der Waals surface area contributed by atoms with Gasteiger partial charge in [0.2, 0.25) is 11.6 Å². The summed E-state index contributed by atoms with van der Waals surface area (Å²) >= 11 is 0. The molecule has 30 heavy (non-hydrogen) atoms. The van der Waals surface area contributed by atoms with Crippen LogP contribution in [0.1, 0.15) is 0 Å². The van der Waals surface area contributed by atoms with Crippen molar-refractivity contribution in [3.63, 3.8) is 0 Å². The SMILES string of the molecule is C[Si](C)(C)C(=C=O)P(c1c(F)c(F)c(F)c(F)c1F)c1c(F)c(F)c(F)c(F)c1F. The van der Waals surface area contributed by atoms with E-state index in [2.05, 4.69) is 0 Å². The summed E-state index contributed by atoms with van der Waals surface area (Å²) in [6.45, 7) is 3.84. The molecule has 0 N–H and O–H groups in total. The van der Waals surface area contributed by atoms with E-state index in [-0.39, 0.29) is 0 Å². The Morgan fingerprint density at radius 3 is 1.00 bits per heavy atom. The Hall–Kier alpha value is -2.16. The maximum atomic E-state index is 14.4. The first-order chi connectivity index (χ1) is 13.7. The number of hydrogen-bond acceptors (Lipinski definition) is 1. The first kappa shape index (κ1) is 24.1. The molecule has 0 aromatic heterocycles. The summed E-state index contributed by atoms with van der Waals surface area (Å²) in [6, 6.07) is 0. The average Bonchev–Trinajstić information content (AvgIpc) is 2.67. The lowest BCUT2D eigenvalue weighted by Crippen LogP contribution is -2.35. The largest absolute Gasteiger partial charge is 0.234 e. The van der Waals surface area contributed by atoms with Crippen LogP contribution in [0, 0.1) is 58.2 Å². The smallest absolute Gasteiger partial charge is 0.200 e. The second kappa shape index (κ2) is 8.17. The Morgan fingerprint density at radius 1 is 0.567 bits per heavy atom. The fourth-order valence-electron chi connectivity index (χ4n) is 2.45. The number of hydrogen-bond donors (Lipinski definition) is 0. The van der Waals surface area contributed by atoms with Crippen molar-refractivity contribution in [2.75, 3.05) is 0 Å². The molecular formula is C17H9F10OPSi. The van der Waals surface area contributed by atoms with Gasteiger partial charge in [-0.25, -0.2) is 48.7 Å². The van der Waals surface area contributed by atoms with Crippen molar-refractivity contribution in [2.45, 2.75) is 19.6 Å². The van der Waals surface area contributed by atoms with Gasteiger partial charge in [-0.1, -0.05) is 19.6 Å². The van der Waals surface area contributed by atoms with Crippen LogP contribution in [-0.4, -0.2) is 14.0 Å². The maximum absolute atomic E-state index is 14.4. The summed E-state index contributed by atoms with van der Waals surface area (Å²) in [5, 5.41) is -3.74. The third-order valence-electron chi connectivity index (χ3n) is 3.85. The van der Waals surface area contributed by atoms with Gasteiger partial charge in [0.05, 0.1) is 18.7 Å². The van der Waals surface area contributed by atoms with Gasteiger partial charge in [0, 0.05) is 12.9 Å². The molecule has 13 heteroatoms. The normalized spacial score (nSPS) is 11.8. The number of halogens is 10. The van der Waals surface area contributed by atoms with Gasteiger partial charge in [-0.3, -0.25) is 0 Å². The highest BCUT2D eigenvalue weighted by atomic mass is 31.1. The minimum atomic E-state index is -3.71. The van der Waals surface area contributed by atoms with Gasteiger partial charge in [-0.05, 0) is 0 Å². The first-order valence-corrected chi connectivity index (χ1v) is 12.6. The molecule has 0 amide bonds. The molecule has 2 aromatic rings. The van der Waals surface area contributed by atoms with Gasteiger partial charge in [-0.15, -0.1) is 0 Å². The van der Waals surface area contributed by atoms with E-state index < -0.39 is 89.7 Å². The van der Waals surface area contributed by atoms with Crippen LogP contribution in [0.5, 0.6) is 0 Å². The molecule has 0 unspecified atom stereocenters. The fraction of sp³-hybridized carbons (Fsp3) is 0.176. The summed E-state index contributed by atoms with van der Waals surface area (Å²) in [7, 11) is -6.94. The molecule has 2 rings (SSSR count). The molecule has 0 atom stereocenters. The van der Waals surface area contributed by atoms with Crippen molar-refractivity contribution < 1.29 is 48.7 Å². The van der Waals surface area contributed by atoms with Gasteiger partial charge in [0.15, 0.2) is 46.5 Å². The van der Waals surface area contributed by atoms with Gasteiger partial charge < -0.3 is 0 Å². The lowest BCUT2D eigenvalue weighted by Gasteiger charge is -2.28. The quantitative estimate of drug-likeness (QED) is 0.149. The van der Waals surface area contributed by atoms with E-state index in [1.807, 2.05) is 0 Å². The average molecular weight is 478 g/mol. The Labute approximate surface area is 164 Å². The number of rotatable bonds is 4. The zero-order chi connectivity index (χ0) is 23.3. The molecule has 0 saturated carbocycles. The molecule has 0 saturated heterocycles. The van der Waals surface area contributed by atoms with Crippen LogP contribution in [0.4, 0.5) is 43.9 Å². The van der Waals surface area contributed by atoms with Crippen molar-refractivity contribution >= 4 is 32.5 Å². The molecule has 0 heterocycles. The molecule has 0 spiro atoms. The molecule has 1 nitrogen and oxygen atoms in total. The zero-order valence-electron chi connectivity index (χ0n) is 15.1. The molecule has 0 bridgehead atoms. The van der Waals surface area contributed by atoms with Crippen LogP contribution in [0.25, 0.3) is 0 Å². The lowest BCUT2D eigenvalue weighted by molar-refractivity contribution is 0.383. The fourth-order valence-corrected chi connectivity index (χ4v) is 8.05. The topological polar surface area (TPSA) is 17.1 Å². The van der Waals surface area contributed by atoms with Crippen molar-refractivity contribution in [1.82, 2.24) is 0 Å². The third-order valence-corrected chi connectivity index (χ3v) is 10.3. The minimum Gasteiger partial charge on any atom is -0.234 e. The first-order valence-electron chi connectivity index (χ1n) is 7.76. The van der Waals surface area contributed by atoms with Crippen LogP contribution in [-0.2, 0) is 4.79 Å². The molecule has 162 valence electrons. The molecule has 0 radical (unpaired) electrons. The summed E-state index contributed by atoms with van der Waals surface area (Å²) in [5.41, 5.74) is 0. The summed E-state index contributed by atoms with van der Waals surface area (Å²) in [5.74, 6) is -24.3. The molecule has 0 aliphatic heterocycles. The highest BCUT2D eigenvalue weighted by Crippen LogP contribution is 2.49. The van der Waals surface area contributed by atoms with Crippen molar-refractivity contribution in [1.29, 1.82) is 0 Å². The van der Waals surface area contributed by atoms with Crippen LogP contribution in [0.3, 0.4) is 0 Å².